The van der Waals surface area contributed by atoms with Crippen LogP contribution in [0, 0.1) is 94.3 Å². The highest BCUT2D eigenvalue weighted by Gasteiger charge is 2.24. The first-order chi connectivity index (χ1) is 23.4. The number of hydrogen-bond acceptors (Lipinski definition) is 4. The van der Waals surface area contributed by atoms with Crippen molar-refractivity contribution < 1.29 is 17.6 Å². The maximum Gasteiger partial charge on any atom is 0.178 e. The summed E-state index contributed by atoms with van der Waals surface area (Å²) in [6, 6.07) is 14.8. The highest BCUT2D eigenvalue weighted by Crippen LogP contribution is 2.25. The molecule has 0 unspecified atom stereocenters. The maximum atomic E-state index is 15.1. The molecule has 0 N–H and O–H groups in total. The standard InChI is InChI=1S/C40H12F4S4/c41-37-31-11-15-35-29(19-23-47-35)9-13-33-27(17-21-45-33)7-5-25-1-2-26(4-3-25)6-8-28-18-22-46-34(28)14-10-30-20-24-48-36(30)16-12-32(39(37)43)40(44)38(31)42/h1-4,17-24H. The second kappa shape index (κ2) is 13.6. The molecule has 48 heavy (non-hydrogen) atoms. The highest BCUT2D eigenvalue weighted by atomic mass is 32.1. The summed E-state index contributed by atoms with van der Waals surface area (Å²) in [5.41, 5.74) is 2.04. The molecule has 0 atom stereocenters. The van der Waals surface area contributed by atoms with Gasteiger partial charge < -0.3 is 0 Å². The van der Waals surface area contributed by atoms with Crippen molar-refractivity contribution in [2.75, 3.05) is 0 Å². The molecule has 0 saturated carbocycles. The predicted octanol–water partition coefficient (Wildman–Crippen LogP) is 9.20. The van der Waals surface area contributed by atoms with E-state index in [2.05, 4.69) is 71.0 Å². The van der Waals surface area contributed by atoms with E-state index in [1.54, 1.807) is 22.9 Å². The smallest absolute Gasteiger partial charge is 0.178 e. The minimum absolute atomic E-state index is 0.382. The summed E-state index contributed by atoms with van der Waals surface area (Å²) in [5.74, 6) is 28.2. The van der Waals surface area contributed by atoms with E-state index < -0.39 is 34.4 Å². The van der Waals surface area contributed by atoms with E-state index in [-0.39, 0.29) is 0 Å². The maximum absolute atomic E-state index is 15.1. The van der Waals surface area contributed by atoms with Crippen molar-refractivity contribution in [1.29, 1.82) is 0 Å². The van der Waals surface area contributed by atoms with Crippen molar-refractivity contribution in [2.24, 2.45) is 0 Å². The van der Waals surface area contributed by atoms with Crippen LogP contribution in [0.4, 0.5) is 17.6 Å². The molecule has 4 aliphatic rings. The minimum Gasteiger partial charge on any atom is -0.202 e. The molecule has 4 bridgehead atoms. The van der Waals surface area contributed by atoms with Crippen LogP contribution in [-0.4, -0.2) is 0 Å². The summed E-state index contributed by atoms with van der Waals surface area (Å²) < 4.78 is 60.4. The lowest BCUT2D eigenvalue weighted by atomic mass is 10.1. The van der Waals surface area contributed by atoms with E-state index in [0.717, 1.165) is 32.0 Å². The van der Waals surface area contributed by atoms with Gasteiger partial charge in [0.2, 0.25) is 0 Å². The molecule has 4 aliphatic carbocycles. The van der Waals surface area contributed by atoms with E-state index in [1.165, 1.54) is 45.3 Å². The summed E-state index contributed by atoms with van der Waals surface area (Å²) in [6.45, 7) is 0. The number of halogens is 4. The van der Waals surface area contributed by atoms with Gasteiger partial charge in [-0.25, -0.2) is 17.6 Å². The van der Waals surface area contributed by atoms with Gasteiger partial charge >= 0.3 is 0 Å². The number of benzene rings is 2. The molecule has 4 heterocycles. The Morgan fingerprint density at radius 2 is 0.583 bits per heavy atom. The van der Waals surface area contributed by atoms with Crippen LogP contribution in [0.5, 0.6) is 0 Å². The first kappa shape index (κ1) is 30.9. The largest absolute Gasteiger partial charge is 0.202 e. The molecule has 0 radical (unpaired) electrons. The minimum atomic E-state index is -1.63. The number of thiophene rings is 4. The van der Waals surface area contributed by atoms with Crippen molar-refractivity contribution in [3.8, 4) is 71.0 Å². The Balaban J connectivity index is 1.36. The molecule has 4 aromatic heterocycles. The molecule has 10 rings (SSSR count). The third-order valence-electron chi connectivity index (χ3n) is 6.72. The van der Waals surface area contributed by atoms with Crippen LogP contribution in [0.25, 0.3) is 0 Å². The van der Waals surface area contributed by atoms with Crippen LogP contribution in [0.2, 0.25) is 0 Å². The van der Waals surface area contributed by atoms with Gasteiger partial charge in [-0.05, 0) is 93.7 Å². The Morgan fingerprint density at radius 1 is 0.312 bits per heavy atom. The second-order valence-electron chi connectivity index (χ2n) is 9.74. The van der Waals surface area contributed by atoms with Crippen molar-refractivity contribution in [3.05, 3.63) is 157 Å². The van der Waals surface area contributed by atoms with Gasteiger partial charge in [0.1, 0.15) is 11.1 Å². The Morgan fingerprint density at radius 3 is 0.896 bits per heavy atom. The Hall–Kier alpha value is -5.68. The Kier molecular flexibility index (Phi) is 8.76. The quantitative estimate of drug-likeness (QED) is 0.0843. The van der Waals surface area contributed by atoms with E-state index >= 15 is 17.6 Å². The molecular formula is C40H12F4S4. The lowest BCUT2D eigenvalue weighted by Crippen LogP contribution is -2.04. The zero-order valence-corrected chi connectivity index (χ0v) is 27.3. The van der Waals surface area contributed by atoms with Gasteiger partial charge in [-0.2, -0.15) is 0 Å². The molecule has 0 aliphatic heterocycles. The van der Waals surface area contributed by atoms with Crippen LogP contribution in [-0.2, 0) is 0 Å². The van der Waals surface area contributed by atoms with Crippen molar-refractivity contribution >= 4 is 45.3 Å². The third-order valence-corrected chi connectivity index (χ3v) is 10.0. The molecule has 0 spiro atoms. The monoisotopic (exact) mass is 696 g/mol. The lowest BCUT2D eigenvalue weighted by molar-refractivity contribution is 0.447. The van der Waals surface area contributed by atoms with Crippen LogP contribution in [0.3, 0.4) is 0 Å². The molecule has 8 heteroatoms. The van der Waals surface area contributed by atoms with Gasteiger partial charge in [0.15, 0.2) is 23.3 Å². The number of rotatable bonds is 0. The molecule has 6 aromatic rings. The molecule has 0 nitrogen and oxygen atoms in total. The fraction of sp³-hybridized carbons (Fsp3) is 0. The van der Waals surface area contributed by atoms with E-state index in [0.29, 0.717) is 20.9 Å². The third kappa shape index (κ3) is 6.45. The normalized spacial score (nSPS) is 10.9. The van der Waals surface area contributed by atoms with Crippen molar-refractivity contribution in [3.63, 3.8) is 0 Å². The molecule has 2 aromatic carbocycles. The molecule has 0 saturated heterocycles. The van der Waals surface area contributed by atoms with Gasteiger partial charge in [-0.1, -0.05) is 47.4 Å². The summed E-state index contributed by atoms with van der Waals surface area (Å²) in [4.78, 5) is 2.22. The zero-order valence-electron chi connectivity index (χ0n) is 24.1. The average molecular weight is 697 g/mol. The zero-order chi connectivity index (χ0) is 33.0. The van der Waals surface area contributed by atoms with E-state index in [1.807, 2.05) is 47.2 Å². The van der Waals surface area contributed by atoms with Crippen molar-refractivity contribution in [1.82, 2.24) is 0 Å². The van der Waals surface area contributed by atoms with E-state index in [9.17, 15) is 0 Å². The molecule has 0 fully saturated rings. The fourth-order valence-electron chi connectivity index (χ4n) is 4.27. The summed E-state index contributed by atoms with van der Waals surface area (Å²) in [6.07, 6.45) is 0. The Labute approximate surface area is 289 Å². The molecule has 224 valence electrons. The SMILES string of the molecule is Fc1c(F)c2c(F)c(F)c1C#Cc1sccc1C#Cc1sccc1C#Cc1ccc(cc1)C#Cc1ccsc1C#Cc1ccsc1C#C2. The first-order valence-corrected chi connectivity index (χ1v) is 17.3. The fourth-order valence-corrected chi connectivity index (χ4v) is 7.06. The average Bonchev–Trinajstić information content (AvgIpc) is 3.92. The first-order valence-electron chi connectivity index (χ1n) is 13.8. The van der Waals surface area contributed by atoms with Gasteiger partial charge in [0.05, 0.1) is 41.8 Å². The van der Waals surface area contributed by atoms with Gasteiger partial charge in [0.25, 0.3) is 0 Å². The topological polar surface area (TPSA) is 0 Å². The molecular weight excluding hydrogens is 685 g/mol. The van der Waals surface area contributed by atoms with Gasteiger partial charge in [0, 0.05) is 11.1 Å². The van der Waals surface area contributed by atoms with Crippen molar-refractivity contribution in [2.45, 2.75) is 0 Å². The second-order valence-corrected chi connectivity index (χ2v) is 13.4. The summed E-state index contributed by atoms with van der Waals surface area (Å²) in [7, 11) is 0. The van der Waals surface area contributed by atoms with Crippen LogP contribution < -0.4 is 0 Å². The lowest BCUT2D eigenvalue weighted by Gasteiger charge is -2.04. The van der Waals surface area contributed by atoms with Crippen LogP contribution in [0.15, 0.2) is 70.1 Å². The van der Waals surface area contributed by atoms with Gasteiger partial charge in [-0.15, -0.1) is 45.3 Å². The van der Waals surface area contributed by atoms with Crippen LogP contribution in [0.1, 0.15) is 64.0 Å². The Bertz CT molecular complexity index is 2430. The van der Waals surface area contributed by atoms with Gasteiger partial charge in [-0.3, -0.25) is 0 Å². The molecule has 0 amide bonds. The number of hydrogen-bond donors (Lipinski definition) is 0. The summed E-state index contributed by atoms with van der Waals surface area (Å²) >= 11 is 5.21. The highest BCUT2D eigenvalue weighted by molar-refractivity contribution is 7.11. The van der Waals surface area contributed by atoms with Crippen LogP contribution >= 0.6 is 45.3 Å². The predicted molar refractivity (Wildman–Crippen MR) is 186 cm³/mol. The van der Waals surface area contributed by atoms with E-state index in [4.69, 9.17) is 0 Å². The summed E-state index contributed by atoms with van der Waals surface area (Å²) in [5, 5.41) is 7.20.